The summed E-state index contributed by atoms with van der Waals surface area (Å²) >= 11 is 3.31. The molecule has 2 rings (SSSR count). The second kappa shape index (κ2) is 6.78. The van der Waals surface area contributed by atoms with Gasteiger partial charge in [0.05, 0.1) is 12.4 Å². The van der Waals surface area contributed by atoms with Gasteiger partial charge in [-0.15, -0.1) is 0 Å². The Hall–Kier alpha value is -1.41. The van der Waals surface area contributed by atoms with Gasteiger partial charge < -0.3 is 20.7 Å². The Morgan fingerprint density at radius 3 is 2.68 bits per heavy atom. The molecular formula is C14H22BrN5O2. The average molecular weight is 372 g/mol. The van der Waals surface area contributed by atoms with E-state index in [0.29, 0.717) is 37.3 Å². The highest BCUT2D eigenvalue weighted by Crippen LogP contribution is 2.23. The number of amides is 1. The Balaban J connectivity index is 2.16. The third-order valence-corrected chi connectivity index (χ3v) is 3.59. The summed E-state index contributed by atoms with van der Waals surface area (Å²) in [6.45, 7) is 7.04. The SMILES string of the molecule is CC(C)(C)OC(=O)N1CCc2nc(Br)nc(NCN)c2CC1. The maximum Gasteiger partial charge on any atom is 0.410 e. The van der Waals surface area contributed by atoms with Crippen molar-refractivity contribution in [3.8, 4) is 0 Å². The normalized spacial score (nSPS) is 15.0. The number of hydrogen-bond donors (Lipinski definition) is 2. The Bertz CT molecular complexity index is 559. The maximum absolute atomic E-state index is 12.2. The zero-order valence-corrected chi connectivity index (χ0v) is 14.7. The number of fused-ring (bicyclic) bond motifs is 1. The Kier molecular flexibility index (Phi) is 5.23. The summed E-state index contributed by atoms with van der Waals surface area (Å²) in [7, 11) is 0. The second-order valence-corrected chi connectivity index (χ2v) is 6.82. The topological polar surface area (TPSA) is 93.4 Å². The number of anilines is 1. The van der Waals surface area contributed by atoms with Crippen LogP contribution in [-0.2, 0) is 17.6 Å². The van der Waals surface area contributed by atoms with E-state index in [4.69, 9.17) is 10.5 Å². The van der Waals surface area contributed by atoms with Crippen LogP contribution < -0.4 is 11.1 Å². The van der Waals surface area contributed by atoms with Crippen LogP contribution >= 0.6 is 15.9 Å². The van der Waals surface area contributed by atoms with Crippen molar-refractivity contribution in [2.45, 2.75) is 39.2 Å². The molecule has 0 spiro atoms. The minimum absolute atomic E-state index is 0.291. The fourth-order valence-corrected chi connectivity index (χ4v) is 2.71. The van der Waals surface area contributed by atoms with Crippen LogP contribution in [0.15, 0.2) is 4.73 Å². The van der Waals surface area contributed by atoms with Crippen molar-refractivity contribution in [1.29, 1.82) is 0 Å². The minimum atomic E-state index is -0.495. The predicted octanol–water partition coefficient (Wildman–Crippen LogP) is 1.90. The molecule has 122 valence electrons. The Morgan fingerprint density at radius 2 is 2.05 bits per heavy atom. The number of nitrogens with zero attached hydrogens (tertiary/aromatic N) is 3. The highest BCUT2D eigenvalue weighted by atomic mass is 79.9. The highest BCUT2D eigenvalue weighted by Gasteiger charge is 2.26. The zero-order chi connectivity index (χ0) is 16.3. The summed E-state index contributed by atoms with van der Waals surface area (Å²) in [6, 6.07) is 0. The molecule has 0 bridgehead atoms. The number of rotatable bonds is 2. The van der Waals surface area contributed by atoms with Crippen molar-refractivity contribution in [3.63, 3.8) is 0 Å². The first-order valence-corrected chi connectivity index (χ1v) is 8.06. The monoisotopic (exact) mass is 371 g/mol. The first-order valence-electron chi connectivity index (χ1n) is 7.27. The molecule has 0 aromatic carbocycles. The van der Waals surface area contributed by atoms with Crippen LogP contribution in [0, 0.1) is 0 Å². The first kappa shape index (κ1) is 17.0. The van der Waals surface area contributed by atoms with Gasteiger partial charge in [-0.25, -0.2) is 14.8 Å². The van der Waals surface area contributed by atoms with Gasteiger partial charge in [-0.05, 0) is 43.1 Å². The summed E-state index contributed by atoms with van der Waals surface area (Å²) in [6.07, 6.45) is 1.04. The van der Waals surface area contributed by atoms with E-state index in [0.717, 1.165) is 17.1 Å². The molecule has 1 aliphatic rings. The molecular weight excluding hydrogens is 350 g/mol. The van der Waals surface area contributed by atoms with Gasteiger partial charge in [0, 0.05) is 25.1 Å². The van der Waals surface area contributed by atoms with Crippen molar-refractivity contribution in [1.82, 2.24) is 14.9 Å². The third kappa shape index (κ3) is 4.30. The van der Waals surface area contributed by atoms with Gasteiger partial charge in [0.25, 0.3) is 0 Å². The van der Waals surface area contributed by atoms with E-state index >= 15 is 0 Å². The number of carbonyl (C=O) groups excluding carboxylic acids is 1. The molecule has 7 nitrogen and oxygen atoms in total. The van der Waals surface area contributed by atoms with Crippen LogP contribution in [0.1, 0.15) is 32.0 Å². The van der Waals surface area contributed by atoms with Crippen molar-refractivity contribution >= 4 is 27.8 Å². The standard InChI is InChI=1S/C14H22BrN5O2/c1-14(2,3)22-13(21)20-6-4-9-10(5-7-20)18-12(15)19-11(9)17-8-16/h4-8,16H2,1-3H3,(H,17,18,19). The number of nitrogens with two attached hydrogens (primary N) is 1. The van der Waals surface area contributed by atoms with Crippen LogP contribution in [0.3, 0.4) is 0 Å². The van der Waals surface area contributed by atoms with Crippen LogP contribution in [0.5, 0.6) is 0 Å². The fraction of sp³-hybridized carbons (Fsp3) is 0.643. The maximum atomic E-state index is 12.2. The molecule has 22 heavy (non-hydrogen) atoms. The lowest BCUT2D eigenvalue weighted by atomic mass is 10.1. The lowest BCUT2D eigenvalue weighted by Gasteiger charge is -2.26. The van der Waals surface area contributed by atoms with E-state index in [1.807, 2.05) is 20.8 Å². The summed E-state index contributed by atoms with van der Waals surface area (Å²) in [5.41, 5.74) is 7.01. The summed E-state index contributed by atoms with van der Waals surface area (Å²) in [4.78, 5) is 22.7. The molecule has 3 N–H and O–H groups in total. The molecule has 0 atom stereocenters. The van der Waals surface area contributed by atoms with Crippen LogP contribution in [0.4, 0.5) is 10.6 Å². The van der Waals surface area contributed by atoms with Crippen molar-refractivity contribution in [2.24, 2.45) is 5.73 Å². The third-order valence-electron chi connectivity index (χ3n) is 3.24. The van der Waals surface area contributed by atoms with Crippen molar-refractivity contribution < 1.29 is 9.53 Å². The number of nitrogens with one attached hydrogen (secondary N) is 1. The lowest BCUT2D eigenvalue weighted by molar-refractivity contribution is 0.0258. The van der Waals surface area contributed by atoms with Gasteiger partial charge in [-0.2, -0.15) is 0 Å². The van der Waals surface area contributed by atoms with Crippen LogP contribution in [-0.4, -0.2) is 46.3 Å². The molecule has 2 heterocycles. The van der Waals surface area contributed by atoms with E-state index in [2.05, 4.69) is 31.2 Å². The number of hydrogen-bond acceptors (Lipinski definition) is 6. The lowest BCUT2D eigenvalue weighted by Crippen LogP contribution is -2.38. The molecule has 8 heteroatoms. The molecule has 1 aromatic heterocycles. The molecule has 0 fully saturated rings. The number of aromatic nitrogens is 2. The van der Waals surface area contributed by atoms with Crippen LogP contribution in [0.25, 0.3) is 0 Å². The van der Waals surface area contributed by atoms with Gasteiger partial charge >= 0.3 is 6.09 Å². The summed E-state index contributed by atoms with van der Waals surface area (Å²) in [5, 5.41) is 3.05. The molecule has 1 aromatic rings. The number of carbonyl (C=O) groups is 1. The number of ether oxygens (including phenoxy) is 1. The van der Waals surface area contributed by atoms with E-state index in [9.17, 15) is 4.79 Å². The minimum Gasteiger partial charge on any atom is -0.444 e. The Morgan fingerprint density at radius 1 is 1.36 bits per heavy atom. The molecule has 1 aliphatic heterocycles. The van der Waals surface area contributed by atoms with Gasteiger partial charge in [0.2, 0.25) is 0 Å². The average Bonchev–Trinajstić information content (AvgIpc) is 2.59. The fourth-order valence-electron chi connectivity index (χ4n) is 2.32. The zero-order valence-electron chi connectivity index (χ0n) is 13.1. The second-order valence-electron chi connectivity index (χ2n) is 6.11. The largest absolute Gasteiger partial charge is 0.444 e. The molecule has 0 aliphatic carbocycles. The summed E-state index contributed by atoms with van der Waals surface area (Å²) < 4.78 is 5.96. The molecule has 1 amide bonds. The molecule has 0 unspecified atom stereocenters. The van der Waals surface area contributed by atoms with E-state index in [1.54, 1.807) is 4.90 Å². The number of halogens is 1. The molecule has 0 saturated heterocycles. The first-order chi connectivity index (χ1) is 10.3. The van der Waals surface area contributed by atoms with Gasteiger partial charge in [-0.3, -0.25) is 0 Å². The smallest absolute Gasteiger partial charge is 0.410 e. The predicted molar refractivity (Wildman–Crippen MR) is 87.6 cm³/mol. The molecule has 0 saturated carbocycles. The summed E-state index contributed by atoms with van der Waals surface area (Å²) in [5.74, 6) is 0.727. The quantitative estimate of drug-likeness (QED) is 0.609. The van der Waals surface area contributed by atoms with E-state index < -0.39 is 5.60 Å². The van der Waals surface area contributed by atoms with E-state index in [1.165, 1.54) is 0 Å². The molecule has 0 radical (unpaired) electrons. The van der Waals surface area contributed by atoms with Crippen molar-refractivity contribution in [2.75, 3.05) is 25.1 Å². The van der Waals surface area contributed by atoms with Gasteiger partial charge in [0.1, 0.15) is 11.4 Å². The van der Waals surface area contributed by atoms with Crippen molar-refractivity contribution in [3.05, 3.63) is 16.0 Å². The van der Waals surface area contributed by atoms with Gasteiger partial charge in [0.15, 0.2) is 4.73 Å². The Labute approximate surface area is 138 Å². The van der Waals surface area contributed by atoms with Gasteiger partial charge in [-0.1, -0.05) is 0 Å². The van der Waals surface area contributed by atoms with Crippen LogP contribution in [0.2, 0.25) is 0 Å². The van der Waals surface area contributed by atoms with E-state index in [-0.39, 0.29) is 6.09 Å². The highest BCUT2D eigenvalue weighted by molar-refractivity contribution is 9.10.